The van der Waals surface area contributed by atoms with Crippen LogP contribution in [0.5, 0.6) is 0 Å². The normalized spacial score (nSPS) is 15.4. The van der Waals surface area contributed by atoms with Crippen LogP contribution in [0.1, 0.15) is 30.5 Å². The van der Waals surface area contributed by atoms with Gasteiger partial charge in [0.1, 0.15) is 0 Å². The molecule has 19 heavy (non-hydrogen) atoms. The van der Waals surface area contributed by atoms with Crippen molar-refractivity contribution in [2.75, 3.05) is 0 Å². The Kier molecular flexibility index (Phi) is 3.59. The van der Waals surface area contributed by atoms with Crippen LogP contribution in [-0.2, 0) is 12.8 Å². The molecule has 0 saturated carbocycles. The van der Waals surface area contributed by atoms with Crippen molar-refractivity contribution in [1.29, 1.82) is 0 Å². The van der Waals surface area contributed by atoms with Gasteiger partial charge in [-0.15, -0.1) is 0 Å². The lowest BCUT2D eigenvalue weighted by Crippen LogP contribution is -1.99. The fourth-order valence-corrected chi connectivity index (χ4v) is 3.58. The molecule has 0 spiro atoms. The largest absolute Gasteiger partial charge is 0.252 e. The van der Waals surface area contributed by atoms with E-state index < -0.39 is 5.82 Å². The minimum atomic E-state index is -0.631. The number of hydrogen-bond acceptors (Lipinski definition) is 1. The molecule has 1 aliphatic carbocycles. The molecule has 1 heterocycles. The number of hydrogen-bond donors (Lipinski definition) is 0. The quantitative estimate of drug-likeness (QED) is 0.455. The Morgan fingerprint density at radius 3 is 2.53 bits per heavy atom. The van der Waals surface area contributed by atoms with E-state index in [1.165, 1.54) is 6.07 Å². The van der Waals surface area contributed by atoms with Crippen molar-refractivity contribution in [1.82, 2.24) is 4.98 Å². The molecule has 0 N–H and O–H groups in total. The maximum Gasteiger partial charge on any atom is 0.161 e. The highest BCUT2D eigenvalue weighted by Crippen LogP contribution is 2.39. The second kappa shape index (κ2) is 5.08. The summed E-state index contributed by atoms with van der Waals surface area (Å²) < 4.78 is 13.8. The van der Waals surface area contributed by atoms with E-state index in [0.29, 0.717) is 15.9 Å². The lowest BCUT2D eigenvalue weighted by Gasteiger charge is -2.12. The Labute approximate surface area is 125 Å². The molecule has 0 fully saturated rings. The molecule has 0 unspecified atom stereocenters. The van der Waals surface area contributed by atoms with E-state index in [-0.39, 0.29) is 10.0 Å². The molecule has 2 aromatic rings. The highest BCUT2D eigenvalue weighted by molar-refractivity contribution is 6.44. The fourth-order valence-electron chi connectivity index (χ4n) is 2.60. The van der Waals surface area contributed by atoms with Gasteiger partial charge in [0.15, 0.2) is 5.82 Å². The van der Waals surface area contributed by atoms with Crippen LogP contribution in [0.25, 0.3) is 10.9 Å². The van der Waals surface area contributed by atoms with Crippen LogP contribution in [0.2, 0.25) is 15.1 Å². The molecule has 0 atom stereocenters. The van der Waals surface area contributed by atoms with Crippen molar-refractivity contribution in [3.8, 4) is 0 Å². The summed E-state index contributed by atoms with van der Waals surface area (Å²) in [5.74, 6) is -0.631. The Balaban J connectivity index is 2.38. The van der Waals surface area contributed by atoms with Gasteiger partial charge >= 0.3 is 0 Å². The first kappa shape index (κ1) is 13.4. The maximum atomic E-state index is 13.8. The van der Waals surface area contributed by atoms with Crippen LogP contribution in [0, 0.1) is 5.82 Å². The van der Waals surface area contributed by atoms with Gasteiger partial charge in [-0.05, 0) is 37.3 Å². The molecule has 1 aromatic heterocycles. The Morgan fingerprint density at radius 2 is 1.74 bits per heavy atom. The van der Waals surface area contributed by atoms with Gasteiger partial charge in [0.05, 0.1) is 20.6 Å². The summed E-state index contributed by atoms with van der Waals surface area (Å²) in [6, 6.07) is 1.50. The molecule has 3 rings (SSSR count). The molecule has 0 bridgehead atoms. The van der Waals surface area contributed by atoms with Crippen LogP contribution < -0.4 is 0 Å². The molecule has 1 aliphatic rings. The second-order valence-corrected chi connectivity index (χ2v) is 5.96. The van der Waals surface area contributed by atoms with Gasteiger partial charge in [-0.1, -0.05) is 41.2 Å². The number of aryl methyl sites for hydroxylation is 1. The molecular formula is C14H11Cl3FN. The van der Waals surface area contributed by atoms with Crippen LogP contribution >= 0.6 is 34.8 Å². The highest BCUT2D eigenvalue weighted by atomic mass is 35.5. The number of pyridine rings is 1. The predicted octanol–water partition coefficient (Wildman–Crippen LogP) is 5.60. The number of aromatic nitrogens is 1. The van der Waals surface area contributed by atoms with Crippen molar-refractivity contribution < 1.29 is 4.39 Å². The van der Waals surface area contributed by atoms with Crippen molar-refractivity contribution in [2.24, 2.45) is 0 Å². The smallest absolute Gasteiger partial charge is 0.161 e. The van der Waals surface area contributed by atoms with Crippen molar-refractivity contribution in [3.05, 3.63) is 38.2 Å². The van der Waals surface area contributed by atoms with E-state index in [9.17, 15) is 4.39 Å². The average molecular weight is 319 g/mol. The monoisotopic (exact) mass is 317 g/mol. The zero-order valence-corrected chi connectivity index (χ0v) is 12.3. The first-order valence-electron chi connectivity index (χ1n) is 6.24. The number of halogens is 4. The Morgan fingerprint density at radius 1 is 1.00 bits per heavy atom. The molecule has 0 aliphatic heterocycles. The molecular weight excluding hydrogens is 308 g/mol. The fraction of sp³-hybridized carbons (Fsp3) is 0.357. The molecule has 0 saturated heterocycles. The third-order valence-corrected chi connectivity index (χ3v) is 4.62. The number of rotatable bonds is 0. The summed E-state index contributed by atoms with van der Waals surface area (Å²) in [5.41, 5.74) is 2.58. The van der Waals surface area contributed by atoms with Crippen molar-refractivity contribution in [3.63, 3.8) is 0 Å². The summed E-state index contributed by atoms with van der Waals surface area (Å²) in [6.45, 7) is 0. The van der Waals surface area contributed by atoms with Gasteiger partial charge in [-0.3, -0.25) is 4.98 Å². The van der Waals surface area contributed by atoms with E-state index in [1.807, 2.05) is 0 Å². The van der Waals surface area contributed by atoms with Gasteiger partial charge < -0.3 is 0 Å². The standard InChI is InChI=1S/C14H11Cl3FN/c15-8-6-10-11(13(17)14(8)18)12(16)7-4-2-1-3-5-9(7)19-10/h6H,1-5H2. The van der Waals surface area contributed by atoms with E-state index in [1.54, 1.807) is 0 Å². The highest BCUT2D eigenvalue weighted by Gasteiger charge is 2.20. The van der Waals surface area contributed by atoms with Gasteiger partial charge in [0, 0.05) is 11.1 Å². The lowest BCUT2D eigenvalue weighted by atomic mass is 10.0. The van der Waals surface area contributed by atoms with Gasteiger partial charge in [0.2, 0.25) is 0 Å². The number of fused-ring (bicyclic) bond motifs is 2. The third kappa shape index (κ3) is 2.20. The molecule has 1 aromatic carbocycles. The van der Waals surface area contributed by atoms with Gasteiger partial charge in [-0.25, -0.2) is 4.39 Å². The van der Waals surface area contributed by atoms with Crippen LogP contribution in [0.3, 0.4) is 0 Å². The zero-order chi connectivity index (χ0) is 13.6. The predicted molar refractivity (Wildman–Crippen MR) is 78.0 cm³/mol. The minimum absolute atomic E-state index is 0.0189. The van der Waals surface area contributed by atoms with E-state index in [2.05, 4.69) is 4.98 Å². The Hall–Kier alpha value is -0.570. The first-order valence-corrected chi connectivity index (χ1v) is 7.37. The maximum absolute atomic E-state index is 13.8. The zero-order valence-electron chi connectivity index (χ0n) is 10.1. The van der Waals surface area contributed by atoms with E-state index in [4.69, 9.17) is 34.8 Å². The molecule has 1 nitrogen and oxygen atoms in total. The van der Waals surface area contributed by atoms with Crippen molar-refractivity contribution in [2.45, 2.75) is 32.1 Å². The molecule has 5 heteroatoms. The van der Waals surface area contributed by atoms with Crippen molar-refractivity contribution >= 4 is 45.7 Å². The third-order valence-electron chi connectivity index (χ3n) is 3.57. The summed E-state index contributed by atoms with van der Waals surface area (Å²) in [6.07, 6.45) is 5.11. The molecule has 0 amide bonds. The van der Waals surface area contributed by atoms with E-state index in [0.717, 1.165) is 43.4 Å². The van der Waals surface area contributed by atoms with E-state index >= 15 is 0 Å². The number of benzene rings is 1. The van der Waals surface area contributed by atoms with Crippen LogP contribution in [0.15, 0.2) is 6.07 Å². The summed E-state index contributed by atoms with van der Waals surface area (Å²) in [4.78, 5) is 4.58. The second-order valence-electron chi connectivity index (χ2n) is 4.79. The first-order chi connectivity index (χ1) is 9.09. The number of nitrogens with zero attached hydrogens (tertiary/aromatic N) is 1. The average Bonchev–Trinajstić information content (AvgIpc) is 2.61. The topological polar surface area (TPSA) is 12.9 Å². The van der Waals surface area contributed by atoms with Gasteiger partial charge in [0.25, 0.3) is 0 Å². The SMILES string of the molecule is Fc1c(Cl)cc2nc3c(c(Cl)c2c1Cl)CCCCC3. The molecule has 100 valence electrons. The lowest BCUT2D eigenvalue weighted by molar-refractivity contribution is 0.630. The van der Waals surface area contributed by atoms with Gasteiger partial charge in [-0.2, -0.15) is 0 Å². The van der Waals surface area contributed by atoms with Crippen LogP contribution in [0.4, 0.5) is 4.39 Å². The summed E-state index contributed by atoms with van der Waals surface area (Å²) in [7, 11) is 0. The molecule has 0 radical (unpaired) electrons. The Bertz CT molecular complexity index is 670. The summed E-state index contributed by atoms with van der Waals surface area (Å²) in [5, 5.41) is 0.954. The summed E-state index contributed by atoms with van der Waals surface area (Å²) >= 11 is 18.3. The van der Waals surface area contributed by atoms with Crippen LogP contribution in [-0.4, -0.2) is 4.98 Å². The minimum Gasteiger partial charge on any atom is -0.252 e.